The number of hydrogen-bond donors (Lipinski definition) is 1. The fourth-order valence-corrected chi connectivity index (χ4v) is 0.875. The van der Waals surface area contributed by atoms with Crippen molar-refractivity contribution in [3.8, 4) is 0 Å². The molecule has 0 radical (unpaired) electrons. The van der Waals surface area contributed by atoms with E-state index in [1.165, 1.54) is 4.68 Å². The summed E-state index contributed by atoms with van der Waals surface area (Å²) in [7, 11) is 0. The van der Waals surface area contributed by atoms with E-state index in [0.29, 0.717) is 6.92 Å². The van der Waals surface area contributed by atoms with Gasteiger partial charge in [0.1, 0.15) is 0 Å². The highest BCUT2D eigenvalue weighted by Crippen LogP contribution is 2.16. The molecule has 0 unspecified atom stereocenters. The number of carbonyl (C=O) groups excluding carboxylic acids is 1. The van der Waals surface area contributed by atoms with Crippen LogP contribution in [0.2, 0.25) is 0 Å². The molecule has 1 aromatic heterocycles. The lowest BCUT2D eigenvalue weighted by atomic mass is 10.3. The van der Waals surface area contributed by atoms with Gasteiger partial charge < -0.3 is 0 Å². The van der Waals surface area contributed by atoms with Crippen molar-refractivity contribution >= 4 is 5.91 Å². The Morgan fingerprint density at radius 3 is 2.46 bits per heavy atom. The molecule has 1 heterocycles. The van der Waals surface area contributed by atoms with Gasteiger partial charge in [-0.15, -0.1) is 0 Å². The molecule has 0 atom stereocenters. The minimum atomic E-state index is -2.96. The lowest BCUT2D eigenvalue weighted by Crippen LogP contribution is -2.27. The van der Waals surface area contributed by atoms with Gasteiger partial charge in [0, 0.05) is 12.4 Å². The fourth-order valence-electron chi connectivity index (χ4n) is 0.875. The molecule has 0 aromatic carbocycles. The normalized spacial score (nSPS) is 11.3. The van der Waals surface area contributed by atoms with E-state index in [-0.39, 0.29) is 0 Å². The Bertz CT molecular complexity index is 277. The number of nitrogens with zero attached hydrogens (tertiary/aromatic N) is 1. The van der Waals surface area contributed by atoms with E-state index in [4.69, 9.17) is 0 Å². The van der Waals surface area contributed by atoms with Gasteiger partial charge >= 0.3 is 0 Å². The van der Waals surface area contributed by atoms with Crippen LogP contribution in [0.3, 0.4) is 0 Å². The molecule has 13 heavy (non-hydrogen) atoms. The summed E-state index contributed by atoms with van der Waals surface area (Å²) in [5.74, 6) is -3.67. The second-order valence-corrected chi connectivity index (χ2v) is 2.87. The first-order valence-corrected chi connectivity index (χ1v) is 3.78. The molecule has 1 amide bonds. The van der Waals surface area contributed by atoms with Gasteiger partial charge in [0.05, 0.1) is 6.42 Å². The first kappa shape index (κ1) is 9.70. The van der Waals surface area contributed by atoms with Gasteiger partial charge in [-0.2, -0.15) is 0 Å². The Kier molecular flexibility index (Phi) is 2.65. The maximum Gasteiger partial charge on any atom is 0.254 e. The number of halogens is 2. The average Bonchev–Trinajstić information content (AvgIpc) is 2.34. The number of alkyl halides is 2. The lowest BCUT2D eigenvalue weighted by molar-refractivity contribution is -0.123. The van der Waals surface area contributed by atoms with Crippen LogP contribution in [-0.2, 0) is 4.79 Å². The second kappa shape index (κ2) is 3.55. The molecule has 3 nitrogen and oxygen atoms in total. The van der Waals surface area contributed by atoms with Crippen molar-refractivity contribution in [2.45, 2.75) is 19.3 Å². The van der Waals surface area contributed by atoms with E-state index in [9.17, 15) is 13.6 Å². The average molecular weight is 188 g/mol. The van der Waals surface area contributed by atoms with Crippen molar-refractivity contribution in [2.24, 2.45) is 0 Å². The minimum Gasteiger partial charge on any atom is -0.273 e. The van der Waals surface area contributed by atoms with Crippen LogP contribution in [0.4, 0.5) is 8.78 Å². The molecule has 0 saturated carbocycles. The van der Waals surface area contributed by atoms with Gasteiger partial charge in [-0.05, 0) is 19.1 Å². The van der Waals surface area contributed by atoms with Crippen molar-refractivity contribution in [2.75, 3.05) is 5.43 Å². The van der Waals surface area contributed by atoms with Crippen molar-refractivity contribution < 1.29 is 13.6 Å². The van der Waals surface area contributed by atoms with Crippen molar-refractivity contribution in [3.05, 3.63) is 24.5 Å². The quantitative estimate of drug-likeness (QED) is 0.768. The summed E-state index contributed by atoms with van der Waals surface area (Å²) in [4.78, 5) is 10.9. The molecule has 0 spiro atoms. The molecular formula is C8H10F2N2O. The summed E-state index contributed by atoms with van der Waals surface area (Å²) in [5, 5.41) is 0. The lowest BCUT2D eigenvalue weighted by Gasteiger charge is -2.10. The molecule has 0 aliphatic heterocycles. The zero-order valence-electron chi connectivity index (χ0n) is 7.13. The standard InChI is InChI=1S/C8H10F2N2O/c1-8(9,10)6-7(13)11-12-4-2-3-5-12/h2-5H,6H2,1H3,(H,11,13). The van der Waals surface area contributed by atoms with Crippen LogP contribution in [0.5, 0.6) is 0 Å². The third-order valence-corrected chi connectivity index (χ3v) is 1.33. The van der Waals surface area contributed by atoms with Crippen LogP contribution in [0.1, 0.15) is 13.3 Å². The third kappa shape index (κ3) is 3.68. The summed E-state index contributed by atoms with van der Waals surface area (Å²) in [5.41, 5.74) is 2.28. The third-order valence-electron chi connectivity index (χ3n) is 1.33. The second-order valence-electron chi connectivity index (χ2n) is 2.87. The summed E-state index contributed by atoms with van der Waals surface area (Å²) < 4.78 is 26.0. The number of aromatic nitrogens is 1. The Labute approximate surface area is 74.3 Å². The van der Waals surface area contributed by atoms with Crippen molar-refractivity contribution in [3.63, 3.8) is 0 Å². The van der Waals surface area contributed by atoms with Crippen LogP contribution in [0.25, 0.3) is 0 Å². The molecular weight excluding hydrogens is 178 g/mol. The summed E-state index contributed by atoms with van der Waals surface area (Å²) in [6.45, 7) is 0.711. The monoisotopic (exact) mass is 188 g/mol. The summed E-state index contributed by atoms with van der Waals surface area (Å²) >= 11 is 0. The Balaban J connectivity index is 2.43. The minimum absolute atomic E-state index is 0.705. The SMILES string of the molecule is CC(F)(F)CC(=O)Nn1cccc1. The zero-order valence-corrected chi connectivity index (χ0v) is 7.13. The molecule has 0 fully saturated rings. The van der Waals surface area contributed by atoms with Gasteiger partial charge in [0.25, 0.3) is 5.92 Å². The van der Waals surface area contributed by atoms with E-state index in [1.54, 1.807) is 24.5 Å². The molecule has 1 N–H and O–H groups in total. The number of carbonyl (C=O) groups is 1. The van der Waals surface area contributed by atoms with Crippen molar-refractivity contribution in [1.82, 2.24) is 4.68 Å². The molecule has 72 valence electrons. The van der Waals surface area contributed by atoms with Gasteiger partial charge in [-0.3, -0.25) is 14.9 Å². The van der Waals surface area contributed by atoms with Crippen LogP contribution >= 0.6 is 0 Å². The van der Waals surface area contributed by atoms with Gasteiger partial charge in [-0.1, -0.05) is 0 Å². The highest BCUT2D eigenvalue weighted by Gasteiger charge is 2.25. The Hall–Kier alpha value is -1.39. The molecule has 0 saturated heterocycles. The zero-order chi connectivity index (χ0) is 9.90. The molecule has 5 heteroatoms. The fraction of sp³-hybridized carbons (Fsp3) is 0.375. The summed E-state index contributed by atoms with van der Waals surface area (Å²) in [6, 6.07) is 3.37. The van der Waals surface area contributed by atoms with Crippen molar-refractivity contribution in [1.29, 1.82) is 0 Å². The largest absolute Gasteiger partial charge is 0.273 e. The van der Waals surface area contributed by atoms with Crippen LogP contribution in [-0.4, -0.2) is 16.5 Å². The van der Waals surface area contributed by atoms with E-state index < -0.39 is 18.3 Å². The van der Waals surface area contributed by atoms with Gasteiger partial charge in [0.2, 0.25) is 5.91 Å². The number of amides is 1. The Morgan fingerprint density at radius 1 is 1.46 bits per heavy atom. The predicted octanol–water partition coefficient (Wildman–Crippen LogP) is 1.60. The molecule has 1 rings (SSSR count). The maximum absolute atomic E-state index is 12.3. The molecule has 0 aliphatic rings. The van der Waals surface area contributed by atoms with Gasteiger partial charge in [0.15, 0.2) is 0 Å². The smallest absolute Gasteiger partial charge is 0.254 e. The highest BCUT2D eigenvalue weighted by atomic mass is 19.3. The van der Waals surface area contributed by atoms with Crippen LogP contribution in [0, 0.1) is 0 Å². The summed E-state index contributed by atoms with van der Waals surface area (Å²) in [6.07, 6.45) is 2.32. The number of rotatable bonds is 3. The Morgan fingerprint density at radius 2 is 2.00 bits per heavy atom. The topological polar surface area (TPSA) is 34.0 Å². The molecule has 0 bridgehead atoms. The van der Waals surface area contributed by atoms with E-state index in [1.807, 2.05) is 0 Å². The number of hydrogen-bond acceptors (Lipinski definition) is 1. The first-order chi connectivity index (χ1) is 5.97. The van der Waals surface area contributed by atoms with E-state index in [2.05, 4.69) is 5.43 Å². The van der Waals surface area contributed by atoms with E-state index in [0.717, 1.165) is 0 Å². The van der Waals surface area contributed by atoms with E-state index >= 15 is 0 Å². The maximum atomic E-state index is 12.3. The molecule has 0 aliphatic carbocycles. The van der Waals surface area contributed by atoms with Crippen LogP contribution in [0.15, 0.2) is 24.5 Å². The number of nitrogens with one attached hydrogen (secondary N) is 1. The predicted molar refractivity (Wildman–Crippen MR) is 44.0 cm³/mol. The highest BCUT2D eigenvalue weighted by molar-refractivity contribution is 5.84. The van der Waals surface area contributed by atoms with Gasteiger partial charge in [-0.25, -0.2) is 8.78 Å². The first-order valence-electron chi connectivity index (χ1n) is 3.78. The van der Waals surface area contributed by atoms with Crippen LogP contribution < -0.4 is 5.43 Å². The molecule has 1 aromatic rings.